The lowest BCUT2D eigenvalue weighted by Crippen LogP contribution is -2.30. The van der Waals surface area contributed by atoms with Gasteiger partial charge in [0.2, 0.25) is 0 Å². The zero-order chi connectivity index (χ0) is 12.4. The molecule has 1 aliphatic rings. The van der Waals surface area contributed by atoms with E-state index < -0.39 is 0 Å². The van der Waals surface area contributed by atoms with E-state index in [0.29, 0.717) is 28.3 Å². The van der Waals surface area contributed by atoms with Gasteiger partial charge in [-0.1, -0.05) is 23.2 Å². The SMILES string of the molecule is Cn1c(C(=O)NCC2CCOC2)cc(Cl)c1Cl. The van der Waals surface area contributed by atoms with Gasteiger partial charge in [0.1, 0.15) is 10.8 Å². The summed E-state index contributed by atoms with van der Waals surface area (Å²) in [5.41, 5.74) is 0.471. The summed E-state index contributed by atoms with van der Waals surface area (Å²) in [6, 6.07) is 1.57. The number of ether oxygens (including phenoxy) is 1. The predicted octanol–water partition coefficient (Wildman–Crippen LogP) is 2.10. The Morgan fingerprint density at radius 2 is 2.41 bits per heavy atom. The minimum atomic E-state index is -0.159. The Balaban J connectivity index is 1.96. The van der Waals surface area contributed by atoms with Gasteiger partial charge in [-0.3, -0.25) is 4.79 Å². The molecule has 2 rings (SSSR count). The number of nitrogens with zero attached hydrogens (tertiary/aromatic N) is 1. The Kier molecular flexibility index (Phi) is 3.97. The van der Waals surface area contributed by atoms with E-state index in [0.717, 1.165) is 19.6 Å². The van der Waals surface area contributed by atoms with Crippen LogP contribution in [0.5, 0.6) is 0 Å². The summed E-state index contributed by atoms with van der Waals surface area (Å²) in [4.78, 5) is 11.9. The van der Waals surface area contributed by atoms with Gasteiger partial charge < -0.3 is 14.6 Å². The van der Waals surface area contributed by atoms with Crippen LogP contribution < -0.4 is 5.32 Å². The van der Waals surface area contributed by atoms with E-state index in [1.165, 1.54) is 0 Å². The summed E-state index contributed by atoms with van der Waals surface area (Å²) in [5, 5.41) is 3.63. The molecule has 1 atom stereocenters. The van der Waals surface area contributed by atoms with Gasteiger partial charge in [-0.15, -0.1) is 0 Å². The number of rotatable bonds is 3. The molecule has 1 aliphatic heterocycles. The van der Waals surface area contributed by atoms with Gasteiger partial charge >= 0.3 is 0 Å². The van der Waals surface area contributed by atoms with Gasteiger partial charge in [-0.05, 0) is 12.5 Å². The van der Waals surface area contributed by atoms with E-state index in [1.54, 1.807) is 17.7 Å². The number of carbonyl (C=O) groups is 1. The van der Waals surface area contributed by atoms with E-state index in [4.69, 9.17) is 27.9 Å². The van der Waals surface area contributed by atoms with Gasteiger partial charge in [-0.25, -0.2) is 0 Å². The summed E-state index contributed by atoms with van der Waals surface area (Å²) in [5.74, 6) is 0.248. The second-order valence-corrected chi connectivity index (χ2v) is 4.93. The highest BCUT2D eigenvalue weighted by molar-refractivity contribution is 6.41. The topological polar surface area (TPSA) is 43.3 Å². The fraction of sp³-hybridized carbons (Fsp3) is 0.545. The van der Waals surface area contributed by atoms with Crippen molar-refractivity contribution < 1.29 is 9.53 Å². The highest BCUT2D eigenvalue weighted by Gasteiger charge is 2.19. The highest BCUT2D eigenvalue weighted by Crippen LogP contribution is 2.25. The fourth-order valence-electron chi connectivity index (χ4n) is 1.83. The molecular formula is C11H14Cl2N2O2. The van der Waals surface area contributed by atoms with Crippen LogP contribution in [0.2, 0.25) is 10.2 Å². The van der Waals surface area contributed by atoms with Crippen LogP contribution in [0.3, 0.4) is 0 Å². The maximum atomic E-state index is 11.9. The monoisotopic (exact) mass is 276 g/mol. The number of carbonyl (C=O) groups excluding carboxylic acids is 1. The zero-order valence-corrected chi connectivity index (χ0v) is 11.0. The van der Waals surface area contributed by atoms with Crippen molar-refractivity contribution in [1.82, 2.24) is 9.88 Å². The largest absolute Gasteiger partial charge is 0.381 e. The Hall–Kier alpha value is -0.710. The number of hydrogen-bond acceptors (Lipinski definition) is 2. The molecule has 0 aromatic carbocycles. The van der Waals surface area contributed by atoms with Crippen molar-refractivity contribution in [3.05, 3.63) is 21.9 Å². The molecule has 94 valence electrons. The molecule has 1 amide bonds. The number of halogens is 2. The van der Waals surface area contributed by atoms with Gasteiger partial charge in [0.25, 0.3) is 5.91 Å². The smallest absolute Gasteiger partial charge is 0.268 e. The van der Waals surface area contributed by atoms with Crippen LogP contribution in [-0.2, 0) is 11.8 Å². The van der Waals surface area contributed by atoms with E-state index in [9.17, 15) is 4.79 Å². The molecule has 2 heterocycles. The number of amides is 1. The Bertz CT molecular complexity index is 425. The van der Waals surface area contributed by atoms with Crippen LogP contribution in [0, 0.1) is 5.92 Å². The molecule has 0 radical (unpaired) electrons. The fourth-order valence-corrected chi connectivity index (χ4v) is 2.21. The van der Waals surface area contributed by atoms with Crippen LogP contribution in [0.25, 0.3) is 0 Å². The molecule has 0 bridgehead atoms. The highest BCUT2D eigenvalue weighted by atomic mass is 35.5. The minimum absolute atomic E-state index is 0.159. The lowest BCUT2D eigenvalue weighted by Gasteiger charge is -2.09. The molecule has 0 saturated carbocycles. The first-order valence-electron chi connectivity index (χ1n) is 5.46. The molecular weight excluding hydrogens is 263 g/mol. The third-order valence-electron chi connectivity index (χ3n) is 2.92. The van der Waals surface area contributed by atoms with E-state index in [2.05, 4.69) is 5.32 Å². The van der Waals surface area contributed by atoms with Crippen molar-refractivity contribution in [3.8, 4) is 0 Å². The lowest BCUT2D eigenvalue weighted by molar-refractivity contribution is 0.0937. The summed E-state index contributed by atoms with van der Waals surface area (Å²) in [6.07, 6.45) is 0.995. The van der Waals surface area contributed by atoms with Crippen LogP contribution in [0.15, 0.2) is 6.07 Å². The molecule has 0 aliphatic carbocycles. The summed E-state index contributed by atoms with van der Waals surface area (Å²) in [6.45, 7) is 2.12. The van der Waals surface area contributed by atoms with E-state index >= 15 is 0 Å². The maximum Gasteiger partial charge on any atom is 0.268 e. The molecule has 1 unspecified atom stereocenters. The van der Waals surface area contributed by atoms with Crippen molar-refractivity contribution in [2.45, 2.75) is 6.42 Å². The first kappa shape index (κ1) is 12.7. The summed E-state index contributed by atoms with van der Waals surface area (Å²) >= 11 is 11.8. The zero-order valence-electron chi connectivity index (χ0n) is 9.50. The van der Waals surface area contributed by atoms with Crippen molar-refractivity contribution >= 4 is 29.1 Å². The van der Waals surface area contributed by atoms with Gasteiger partial charge in [0.05, 0.1) is 11.6 Å². The third-order valence-corrected chi connectivity index (χ3v) is 3.77. The van der Waals surface area contributed by atoms with Crippen molar-refractivity contribution in [2.75, 3.05) is 19.8 Å². The van der Waals surface area contributed by atoms with Gasteiger partial charge in [-0.2, -0.15) is 0 Å². The van der Waals surface area contributed by atoms with E-state index in [1.807, 2.05) is 0 Å². The number of nitrogens with one attached hydrogen (secondary N) is 1. The normalized spacial score (nSPS) is 19.6. The molecule has 6 heteroatoms. The Morgan fingerprint density at radius 3 is 2.94 bits per heavy atom. The quantitative estimate of drug-likeness (QED) is 0.919. The molecule has 1 fully saturated rings. The summed E-state index contributed by atoms with van der Waals surface area (Å²) < 4.78 is 6.82. The second kappa shape index (κ2) is 5.29. The second-order valence-electron chi connectivity index (χ2n) is 4.17. The van der Waals surface area contributed by atoms with Crippen molar-refractivity contribution in [3.63, 3.8) is 0 Å². The average molecular weight is 277 g/mol. The Labute approximate surface area is 110 Å². The van der Waals surface area contributed by atoms with Crippen LogP contribution in [0.4, 0.5) is 0 Å². The lowest BCUT2D eigenvalue weighted by atomic mass is 10.1. The van der Waals surface area contributed by atoms with E-state index in [-0.39, 0.29) is 5.91 Å². The molecule has 1 saturated heterocycles. The molecule has 1 aromatic heterocycles. The van der Waals surface area contributed by atoms with Crippen LogP contribution >= 0.6 is 23.2 Å². The molecule has 1 N–H and O–H groups in total. The van der Waals surface area contributed by atoms with Crippen molar-refractivity contribution in [1.29, 1.82) is 0 Å². The average Bonchev–Trinajstić information content (AvgIpc) is 2.91. The predicted molar refractivity (Wildman–Crippen MR) is 66.7 cm³/mol. The molecule has 4 nitrogen and oxygen atoms in total. The molecule has 17 heavy (non-hydrogen) atoms. The number of hydrogen-bond donors (Lipinski definition) is 1. The maximum absolute atomic E-state index is 11.9. The standard InChI is InChI=1S/C11H14Cl2N2O2/c1-15-9(4-8(12)10(15)13)11(16)14-5-7-2-3-17-6-7/h4,7H,2-3,5-6H2,1H3,(H,14,16). The molecule has 0 spiro atoms. The summed E-state index contributed by atoms with van der Waals surface area (Å²) in [7, 11) is 1.71. The van der Waals surface area contributed by atoms with Crippen LogP contribution in [-0.4, -0.2) is 30.2 Å². The van der Waals surface area contributed by atoms with Gasteiger partial charge in [0.15, 0.2) is 0 Å². The Morgan fingerprint density at radius 1 is 1.65 bits per heavy atom. The third kappa shape index (κ3) is 2.76. The van der Waals surface area contributed by atoms with Gasteiger partial charge in [0, 0.05) is 26.1 Å². The van der Waals surface area contributed by atoms with Crippen LogP contribution in [0.1, 0.15) is 16.9 Å². The number of aromatic nitrogens is 1. The first-order chi connectivity index (χ1) is 8.09. The minimum Gasteiger partial charge on any atom is -0.381 e. The first-order valence-corrected chi connectivity index (χ1v) is 6.22. The molecule has 1 aromatic rings. The van der Waals surface area contributed by atoms with Crippen molar-refractivity contribution in [2.24, 2.45) is 13.0 Å².